The van der Waals surface area contributed by atoms with Crippen molar-refractivity contribution in [2.75, 3.05) is 0 Å². The molecule has 1 amide bonds. The van der Waals surface area contributed by atoms with Gasteiger partial charge in [-0.05, 0) is 60.7 Å². The predicted molar refractivity (Wildman–Crippen MR) is 95.4 cm³/mol. The molecule has 0 radical (unpaired) electrons. The van der Waals surface area contributed by atoms with Gasteiger partial charge < -0.3 is 14.9 Å². The summed E-state index contributed by atoms with van der Waals surface area (Å²) in [5.74, 6) is 0.990. The highest BCUT2D eigenvalue weighted by atomic mass is 16.5. The van der Waals surface area contributed by atoms with Crippen LogP contribution >= 0.6 is 0 Å². The Balaban J connectivity index is 1.53. The maximum Gasteiger partial charge on any atom is 0.257 e. The van der Waals surface area contributed by atoms with Crippen LogP contribution in [0.3, 0.4) is 0 Å². The van der Waals surface area contributed by atoms with Crippen molar-refractivity contribution in [3.63, 3.8) is 0 Å². The van der Waals surface area contributed by atoms with E-state index in [1.165, 1.54) is 5.56 Å². The van der Waals surface area contributed by atoms with Crippen molar-refractivity contribution in [2.45, 2.75) is 32.4 Å². The molecule has 132 valence electrons. The van der Waals surface area contributed by atoms with E-state index in [9.17, 15) is 9.90 Å². The fourth-order valence-corrected chi connectivity index (χ4v) is 3.37. The zero-order valence-electron chi connectivity index (χ0n) is 14.4. The highest BCUT2D eigenvalue weighted by Crippen LogP contribution is 2.34. The van der Waals surface area contributed by atoms with E-state index in [0.717, 1.165) is 29.5 Å². The Bertz CT molecular complexity index is 964. The number of hydrogen-bond donors (Lipinski definition) is 2. The molecule has 0 saturated heterocycles. The molecule has 0 saturated carbocycles. The first kappa shape index (κ1) is 16.5. The summed E-state index contributed by atoms with van der Waals surface area (Å²) in [5, 5.41) is 16.2. The number of aliphatic hydroxyl groups excluding tert-OH is 1. The molecule has 2 aromatic carbocycles. The number of amides is 1. The smallest absolute Gasteiger partial charge is 0.257 e. The summed E-state index contributed by atoms with van der Waals surface area (Å²) in [6.45, 7) is 1.71. The topological polar surface area (TPSA) is 88.2 Å². The van der Waals surface area contributed by atoms with E-state index in [-0.39, 0.29) is 18.6 Å². The van der Waals surface area contributed by atoms with Crippen LogP contribution in [-0.4, -0.2) is 21.2 Å². The van der Waals surface area contributed by atoms with Crippen LogP contribution in [0.15, 0.2) is 47.0 Å². The summed E-state index contributed by atoms with van der Waals surface area (Å²) < 4.78 is 5.23. The number of nitrogens with zero attached hydrogens (tertiary/aromatic N) is 2. The normalized spacial score (nSPS) is 15.7. The van der Waals surface area contributed by atoms with Crippen molar-refractivity contribution in [1.29, 1.82) is 0 Å². The zero-order valence-corrected chi connectivity index (χ0v) is 14.4. The van der Waals surface area contributed by atoms with Crippen LogP contribution in [0.1, 0.15) is 45.3 Å². The van der Waals surface area contributed by atoms with Gasteiger partial charge in [-0.3, -0.25) is 4.79 Å². The summed E-state index contributed by atoms with van der Waals surface area (Å²) in [5.41, 5.74) is 4.49. The quantitative estimate of drug-likeness (QED) is 0.756. The largest absolute Gasteiger partial charge is 0.392 e. The summed E-state index contributed by atoms with van der Waals surface area (Å²) >= 11 is 0. The Morgan fingerprint density at radius 1 is 1.31 bits per heavy atom. The fourth-order valence-electron chi connectivity index (χ4n) is 3.37. The average Bonchev–Trinajstić information content (AvgIpc) is 3.28. The first-order valence-corrected chi connectivity index (χ1v) is 8.58. The lowest BCUT2D eigenvalue weighted by Gasteiger charge is -2.15. The van der Waals surface area contributed by atoms with Gasteiger partial charge in [0.2, 0.25) is 0 Å². The number of carbonyl (C=O) groups excluding carboxylic acids is 1. The van der Waals surface area contributed by atoms with Crippen molar-refractivity contribution in [3.05, 3.63) is 70.5 Å². The second-order valence-electron chi connectivity index (χ2n) is 6.48. The molecule has 6 heteroatoms. The maximum absolute atomic E-state index is 12.5. The fraction of sp³-hybridized carbons (Fsp3) is 0.250. The van der Waals surface area contributed by atoms with Gasteiger partial charge in [0.25, 0.3) is 11.8 Å². The molecule has 1 aliphatic rings. The van der Waals surface area contributed by atoms with Gasteiger partial charge in [0, 0.05) is 11.1 Å². The minimum absolute atomic E-state index is 0.0197. The Labute approximate surface area is 150 Å². The number of fused-ring (bicyclic) bond motifs is 1. The predicted octanol–water partition coefficient (Wildman–Crippen LogP) is 2.95. The van der Waals surface area contributed by atoms with Gasteiger partial charge in [0.15, 0.2) is 5.82 Å². The lowest BCUT2D eigenvalue weighted by molar-refractivity contribution is 0.0936. The van der Waals surface area contributed by atoms with E-state index >= 15 is 0 Å². The molecular formula is C20H19N3O3. The van der Waals surface area contributed by atoms with E-state index in [1.54, 1.807) is 31.2 Å². The van der Waals surface area contributed by atoms with Gasteiger partial charge >= 0.3 is 0 Å². The number of hydrogen-bond acceptors (Lipinski definition) is 5. The molecule has 2 N–H and O–H groups in total. The third kappa shape index (κ3) is 3.11. The lowest BCUT2D eigenvalue weighted by atomic mass is 10.0. The molecule has 4 rings (SSSR count). The first-order valence-electron chi connectivity index (χ1n) is 8.58. The molecule has 1 atom stereocenters. The highest BCUT2D eigenvalue weighted by molar-refractivity contribution is 5.94. The number of aryl methyl sites for hydroxylation is 2. The van der Waals surface area contributed by atoms with Gasteiger partial charge in [-0.2, -0.15) is 4.98 Å². The minimum atomic E-state index is -0.130. The van der Waals surface area contributed by atoms with E-state index in [2.05, 4.69) is 21.5 Å². The Hall–Kier alpha value is -2.99. The molecule has 0 bridgehead atoms. The third-order valence-corrected chi connectivity index (χ3v) is 4.67. The molecular weight excluding hydrogens is 330 g/mol. The molecule has 0 unspecified atom stereocenters. The number of aliphatic hydroxyl groups is 1. The summed E-state index contributed by atoms with van der Waals surface area (Å²) in [4.78, 5) is 16.8. The van der Waals surface area contributed by atoms with Gasteiger partial charge in [0.1, 0.15) is 0 Å². The average molecular weight is 349 g/mol. The van der Waals surface area contributed by atoms with Crippen LogP contribution in [0.5, 0.6) is 0 Å². The lowest BCUT2D eigenvalue weighted by Crippen LogP contribution is -2.27. The van der Waals surface area contributed by atoms with Gasteiger partial charge in [-0.15, -0.1) is 0 Å². The summed E-state index contributed by atoms with van der Waals surface area (Å²) in [7, 11) is 0. The van der Waals surface area contributed by atoms with E-state index in [1.807, 2.05) is 12.1 Å². The highest BCUT2D eigenvalue weighted by Gasteiger charge is 2.25. The second kappa shape index (κ2) is 6.72. The molecule has 0 aliphatic heterocycles. The second-order valence-corrected chi connectivity index (χ2v) is 6.48. The van der Waals surface area contributed by atoms with Crippen LogP contribution < -0.4 is 5.32 Å². The number of rotatable bonds is 4. The first-order chi connectivity index (χ1) is 12.6. The standard InChI is InChI=1S/C20H19N3O3/c1-12-21-20(26-23-12)16-5-7-17-14(10-16)6-8-18(17)22-19(25)15-4-2-3-13(9-15)11-24/h2-5,7,9-10,18,24H,6,8,11H2,1H3,(H,22,25)/t18-/m1/s1. The maximum atomic E-state index is 12.5. The Morgan fingerprint density at radius 2 is 2.19 bits per heavy atom. The molecule has 1 aromatic heterocycles. The van der Waals surface area contributed by atoms with Crippen molar-refractivity contribution in [3.8, 4) is 11.5 Å². The number of aromatic nitrogens is 2. The van der Waals surface area contributed by atoms with Crippen LogP contribution in [0.2, 0.25) is 0 Å². The van der Waals surface area contributed by atoms with Crippen molar-refractivity contribution < 1.29 is 14.4 Å². The van der Waals surface area contributed by atoms with Gasteiger partial charge in [0.05, 0.1) is 12.6 Å². The van der Waals surface area contributed by atoms with E-state index in [0.29, 0.717) is 17.3 Å². The van der Waals surface area contributed by atoms with Crippen LogP contribution in [0.4, 0.5) is 0 Å². The van der Waals surface area contributed by atoms with Crippen LogP contribution in [0.25, 0.3) is 11.5 Å². The van der Waals surface area contributed by atoms with Crippen LogP contribution in [0, 0.1) is 6.92 Å². The number of nitrogens with one attached hydrogen (secondary N) is 1. The zero-order chi connectivity index (χ0) is 18.1. The van der Waals surface area contributed by atoms with Gasteiger partial charge in [-0.25, -0.2) is 0 Å². The molecule has 1 aliphatic carbocycles. The monoisotopic (exact) mass is 349 g/mol. The Kier molecular flexibility index (Phi) is 4.26. The molecule has 0 fully saturated rings. The molecule has 0 spiro atoms. The molecule has 26 heavy (non-hydrogen) atoms. The van der Waals surface area contributed by atoms with Crippen molar-refractivity contribution in [1.82, 2.24) is 15.5 Å². The molecule has 6 nitrogen and oxygen atoms in total. The van der Waals surface area contributed by atoms with Gasteiger partial charge in [-0.1, -0.05) is 23.4 Å². The van der Waals surface area contributed by atoms with Crippen LogP contribution in [-0.2, 0) is 13.0 Å². The van der Waals surface area contributed by atoms with Crippen molar-refractivity contribution in [2.24, 2.45) is 0 Å². The summed E-state index contributed by atoms with van der Waals surface area (Å²) in [6.07, 6.45) is 1.74. The van der Waals surface area contributed by atoms with Crippen molar-refractivity contribution >= 4 is 5.91 Å². The molecule has 3 aromatic rings. The number of benzene rings is 2. The van der Waals surface area contributed by atoms with E-state index in [4.69, 9.17) is 4.52 Å². The third-order valence-electron chi connectivity index (χ3n) is 4.67. The Morgan fingerprint density at radius 3 is 2.96 bits per heavy atom. The number of carbonyl (C=O) groups is 1. The SMILES string of the molecule is Cc1noc(-c2ccc3c(c2)CC[C@H]3NC(=O)c2cccc(CO)c2)n1. The minimum Gasteiger partial charge on any atom is -0.392 e. The van der Waals surface area contributed by atoms with E-state index < -0.39 is 0 Å². The summed E-state index contributed by atoms with van der Waals surface area (Å²) in [6, 6.07) is 13.0. The molecule has 1 heterocycles.